The predicted octanol–water partition coefficient (Wildman–Crippen LogP) is 5.03. The maximum atomic E-state index is 13.1. The number of halogens is 1. The number of aryl methyl sites for hydroxylation is 1. The van der Waals surface area contributed by atoms with Crippen molar-refractivity contribution >= 4 is 28.8 Å². The van der Waals surface area contributed by atoms with E-state index in [-0.39, 0.29) is 5.91 Å². The molecule has 0 radical (unpaired) electrons. The summed E-state index contributed by atoms with van der Waals surface area (Å²) in [5.74, 6) is 1.56. The molecule has 0 N–H and O–H groups in total. The molecule has 1 heterocycles. The van der Waals surface area contributed by atoms with Crippen LogP contribution in [0.3, 0.4) is 0 Å². The Balaban J connectivity index is 1.60. The summed E-state index contributed by atoms with van der Waals surface area (Å²) in [4.78, 5) is 20.4. The number of hydrogen-bond acceptors (Lipinski definition) is 3. The van der Waals surface area contributed by atoms with E-state index in [1.165, 1.54) is 37.0 Å². The van der Waals surface area contributed by atoms with Crippen molar-refractivity contribution in [2.45, 2.75) is 38.6 Å². The summed E-state index contributed by atoms with van der Waals surface area (Å²) >= 11 is 7.56. The van der Waals surface area contributed by atoms with E-state index in [1.54, 1.807) is 0 Å². The van der Waals surface area contributed by atoms with Gasteiger partial charge in [0.2, 0.25) is 0 Å². The zero-order valence-electron chi connectivity index (χ0n) is 14.0. The summed E-state index contributed by atoms with van der Waals surface area (Å²) < 4.78 is 0. The minimum atomic E-state index is 0.127. The minimum absolute atomic E-state index is 0.127. The molecule has 5 heteroatoms. The molecule has 0 unspecified atom stereocenters. The van der Waals surface area contributed by atoms with Gasteiger partial charge in [0, 0.05) is 23.7 Å². The first-order chi connectivity index (χ1) is 11.5. The quantitative estimate of drug-likeness (QED) is 0.749. The van der Waals surface area contributed by atoms with Crippen LogP contribution in [-0.4, -0.2) is 28.9 Å². The first-order valence-electron chi connectivity index (χ1n) is 8.55. The van der Waals surface area contributed by atoms with E-state index in [2.05, 4.69) is 4.98 Å². The number of hydrogen-bond donors (Lipinski definition) is 0. The molecule has 3 nitrogen and oxygen atoms in total. The maximum Gasteiger partial charge on any atom is 0.265 e. The van der Waals surface area contributed by atoms with Crippen molar-refractivity contribution in [2.75, 3.05) is 7.05 Å². The smallest absolute Gasteiger partial charge is 0.265 e. The van der Waals surface area contributed by atoms with Gasteiger partial charge in [0.25, 0.3) is 5.91 Å². The normalized spacial score (nSPS) is 17.3. The molecule has 1 amide bonds. The molecule has 2 saturated carbocycles. The number of benzene rings is 1. The van der Waals surface area contributed by atoms with Crippen LogP contribution < -0.4 is 0 Å². The molecule has 0 bridgehead atoms. The molecule has 0 saturated heterocycles. The fourth-order valence-corrected chi connectivity index (χ4v) is 4.76. The van der Waals surface area contributed by atoms with Gasteiger partial charge < -0.3 is 4.90 Å². The van der Waals surface area contributed by atoms with E-state index >= 15 is 0 Å². The molecule has 2 aromatic rings. The Kier molecular flexibility index (Phi) is 4.13. The molecule has 2 aliphatic rings. The highest BCUT2D eigenvalue weighted by Gasteiger charge is 2.45. The van der Waals surface area contributed by atoms with E-state index in [1.807, 2.05) is 43.1 Å². The molecule has 2 aliphatic carbocycles. The molecular formula is C19H21ClN2OS. The van der Waals surface area contributed by atoms with Gasteiger partial charge in [-0.05, 0) is 56.6 Å². The van der Waals surface area contributed by atoms with Gasteiger partial charge in [-0.15, -0.1) is 11.3 Å². The van der Waals surface area contributed by atoms with Crippen molar-refractivity contribution in [2.24, 2.45) is 11.8 Å². The van der Waals surface area contributed by atoms with Crippen LogP contribution in [0.4, 0.5) is 0 Å². The van der Waals surface area contributed by atoms with Gasteiger partial charge in [-0.3, -0.25) is 4.79 Å². The van der Waals surface area contributed by atoms with Crippen molar-refractivity contribution in [1.82, 2.24) is 9.88 Å². The van der Waals surface area contributed by atoms with E-state index in [0.29, 0.717) is 22.9 Å². The van der Waals surface area contributed by atoms with Crippen molar-refractivity contribution in [3.05, 3.63) is 39.9 Å². The van der Waals surface area contributed by atoms with Gasteiger partial charge in [-0.1, -0.05) is 23.7 Å². The molecule has 126 valence electrons. The Morgan fingerprint density at radius 1 is 1.29 bits per heavy atom. The van der Waals surface area contributed by atoms with Crippen LogP contribution in [0.25, 0.3) is 10.6 Å². The standard InChI is InChI=1S/C19H21ClN2OS/c1-11-17(24-18(21-11)14-4-3-5-15(20)10-14)19(23)22(2)16(12-6-7-12)13-8-9-13/h3-5,10,12-13,16H,6-9H2,1-2H3. The molecule has 0 spiro atoms. The van der Waals surface area contributed by atoms with Crippen molar-refractivity contribution in [3.8, 4) is 10.6 Å². The number of carbonyl (C=O) groups is 1. The number of amides is 1. The first kappa shape index (κ1) is 16.1. The molecule has 1 aromatic carbocycles. The Morgan fingerprint density at radius 2 is 1.96 bits per heavy atom. The fourth-order valence-electron chi connectivity index (χ4n) is 3.53. The molecule has 4 rings (SSSR count). The fraction of sp³-hybridized carbons (Fsp3) is 0.474. The number of thiazole rings is 1. The molecule has 1 aromatic heterocycles. The van der Waals surface area contributed by atoms with E-state index in [0.717, 1.165) is 21.1 Å². The second kappa shape index (κ2) is 6.16. The summed E-state index contributed by atoms with van der Waals surface area (Å²) in [5, 5.41) is 1.55. The zero-order valence-corrected chi connectivity index (χ0v) is 15.5. The van der Waals surface area contributed by atoms with Crippen LogP contribution >= 0.6 is 22.9 Å². The Labute approximate surface area is 151 Å². The van der Waals surface area contributed by atoms with Gasteiger partial charge in [-0.2, -0.15) is 0 Å². The van der Waals surface area contributed by atoms with Crippen molar-refractivity contribution < 1.29 is 4.79 Å². The van der Waals surface area contributed by atoms with Gasteiger partial charge in [-0.25, -0.2) is 4.98 Å². The van der Waals surface area contributed by atoms with Gasteiger partial charge in [0.15, 0.2) is 0 Å². The third-order valence-electron chi connectivity index (χ3n) is 5.04. The van der Waals surface area contributed by atoms with E-state index in [4.69, 9.17) is 11.6 Å². The summed E-state index contributed by atoms with van der Waals surface area (Å²) in [5.41, 5.74) is 1.79. The highest BCUT2D eigenvalue weighted by Crippen LogP contribution is 2.47. The molecular weight excluding hydrogens is 340 g/mol. The lowest BCUT2D eigenvalue weighted by molar-refractivity contribution is 0.0694. The second-order valence-electron chi connectivity index (χ2n) is 7.03. The van der Waals surface area contributed by atoms with Crippen molar-refractivity contribution in [1.29, 1.82) is 0 Å². The molecule has 24 heavy (non-hydrogen) atoms. The van der Waals surface area contributed by atoms with Gasteiger partial charge >= 0.3 is 0 Å². The lowest BCUT2D eigenvalue weighted by Crippen LogP contribution is -2.40. The lowest BCUT2D eigenvalue weighted by atomic mass is 10.1. The van der Waals surface area contributed by atoms with Crippen LogP contribution in [0.15, 0.2) is 24.3 Å². The van der Waals surface area contributed by atoms with Crippen molar-refractivity contribution in [3.63, 3.8) is 0 Å². The number of rotatable bonds is 5. The second-order valence-corrected chi connectivity index (χ2v) is 8.46. The Hall–Kier alpha value is -1.39. The summed E-state index contributed by atoms with van der Waals surface area (Å²) in [6.45, 7) is 1.93. The third-order valence-corrected chi connectivity index (χ3v) is 6.47. The number of carbonyl (C=O) groups excluding carboxylic acids is 1. The topological polar surface area (TPSA) is 33.2 Å². The van der Waals surface area contributed by atoms with Crippen LogP contribution in [0.2, 0.25) is 5.02 Å². The highest BCUT2D eigenvalue weighted by molar-refractivity contribution is 7.17. The van der Waals surface area contributed by atoms with Crippen LogP contribution in [0.5, 0.6) is 0 Å². The van der Waals surface area contributed by atoms with E-state index < -0.39 is 0 Å². The third kappa shape index (κ3) is 3.09. The van der Waals surface area contributed by atoms with Crippen LogP contribution in [0.1, 0.15) is 41.0 Å². The average Bonchev–Trinajstić information content (AvgIpc) is 3.48. The highest BCUT2D eigenvalue weighted by atomic mass is 35.5. The number of aromatic nitrogens is 1. The van der Waals surface area contributed by atoms with Gasteiger partial charge in [0.1, 0.15) is 9.88 Å². The molecule has 0 atom stereocenters. The lowest BCUT2D eigenvalue weighted by Gasteiger charge is -2.28. The first-order valence-corrected chi connectivity index (χ1v) is 9.74. The summed E-state index contributed by atoms with van der Waals surface area (Å²) in [7, 11) is 1.97. The summed E-state index contributed by atoms with van der Waals surface area (Å²) in [6, 6.07) is 8.07. The predicted molar refractivity (Wildman–Crippen MR) is 98.6 cm³/mol. The zero-order chi connectivity index (χ0) is 16.8. The van der Waals surface area contributed by atoms with Crippen LogP contribution in [0, 0.1) is 18.8 Å². The monoisotopic (exact) mass is 360 g/mol. The maximum absolute atomic E-state index is 13.1. The van der Waals surface area contributed by atoms with E-state index in [9.17, 15) is 4.79 Å². The van der Waals surface area contributed by atoms with Gasteiger partial charge in [0.05, 0.1) is 5.69 Å². The van der Waals surface area contributed by atoms with Crippen LogP contribution in [-0.2, 0) is 0 Å². The minimum Gasteiger partial charge on any atom is -0.337 e. The summed E-state index contributed by atoms with van der Waals surface area (Å²) in [6.07, 6.45) is 5.09. The SMILES string of the molecule is Cc1nc(-c2cccc(Cl)c2)sc1C(=O)N(C)C(C1CC1)C1CC1. The Bertz CT molecular complexity index is 767. The Morgan fingerprint density at radius 3 is 2.54 bits per heavy atom. The number of nitrogens with zero attached hydrogens (tertiary/aromatic N) is 2. The molecule has 0 aliphatic heterocycles. The average molecular weight is 361 g/mol. The molecule has 2 fully saturated rings. The largest absolute Gasteiger partial charge is 0.337 e.